The van der Waals surface area contributed by atoms with Crippen LogP contribution >= 0.6 is 24.0 Å². The molecule has 1 aliphatic carbocycles. The summed E-state index contributed by atoms with van der Waals surface area (Å²) < 4.78 is 41.7. The van der Waals surface area contributed by atoms with Crippen LogP contribution in [0.3, 0.4) is 0 Å². The lowest BCUT2D eigenvalue weighted by atomic mass is 10.1. The van der Waals surface area contributed by atoms with Gasteiger partial charge in [0.15, 0.2) is 5.96 Å². The normalized spacial score (nSPS) is 19.2. The number of aryl methyl sites for hydroxylation is 2. The molecular formula is C19H21F3IN3O. The van der Waals surface area contributed by atoms with E-state index in [1.807, 2.05) is 32.0 Å². The van der Waals surface area contributed by atoms with Crippen LogP contribution in [0.2, 0.25) is 0 Å². The number of alkyl halides is 3. The molecule has 1 saturated carbocycles. The lowest BCUT2D eigenvalue weighted by Gasteiger charge is -2.12. The molecule has 2 aromatic carbocycles. The van der Waals surface area contributed by atoms with Gasteiger partial charge in [-0.3, -0.25) is 0 Å². The number of para-hydroxylation sites is 1. The van der Waals surface area contributed by atoms with Crippen LogP contribution in [0.1, 0.15) is 29.0 Å². The van der Waals surface area contributed by atoms with Gasteiger partial charge in [0, 0.05) is 11.6 Å². The van der Waals surface area contributed by atoms with Crippen LogP contribution in [0, 0.1) is 13.8 Å². The van der Waals surface area contributed by atoms with Crippen molar-refractivity contribution in [1.29, 1.82) is 0 Å². The average Bonchev–Trinajstić information content (AvgIpc) is 3.28. The summed E-state index contributed by atoms with van der Waals surface area (Å²) in [4.78, 5) is 4.38. The van der Waals surface area contributed by atoms with E-state index in [-0.39, 0.29) is 47.6 Å². The first-order chi connectivity index (χ1) is 12.2. The number of halogens is 4. The Hall–Kier alpha value is -1.97. The van der Waals surface area contributed by atoms with Gasteiger partial charge in [0.1, 0.15) is 5.75 Å². The first-order valence-electron chi connectivity index (χ1n) is 8.25. The monoisotopic (exact) mass is 491 g/mol. The molecule has 0 heterocycles. The summed E-state index contributed by atoms with van der Waals surface area (Å²) in [5.74, 6) is -0.0629. The molecule has 1 fully saturated rings. The highest BCUT2D eigenvalue weighted by atomic mass is 127. The van der Waals surface area contributed by atoms with E-state index in [0.717, 1.165) is 11.3 Å². The number of hydrogen-bond donors (Lipinski definition) is 2. The minimum Gasteiger partial charge on any atom is -0.405 e. The number of nitrogens with two attached hydrogens (primary N) is 1. The first-order valence-corrected chi connectivity index (χ1v) is 8.25. The summed E-state index contributed by atoms with van der Waals surface area (Å²) in [6.45, 7) is 4.02. The van der Waals surface area contributed by atoms with Crippen LogP contribution in [-0.4, -0.2) is 18.4 Å². The Balaban J connectivity index is 0.00000261. The molecular weight excluding hydrogens is 470 g/mol. The number of hydrogen-bond acceptors (Lipinski definition) is 2. The molecule has 1 aliphatic rings. The molecule has 0 bridgehead atoms. The molecule has 2 aromatic rings. The Morgan fingerprint density at radius 2 is 1.85 bits per heavy atom. The van der Waals surface area contributed by atoms with E-state index in [0.29, 0.717) is 12.0 Å². The van der Waals surface area contributed by atoms with Gasteiger partial charge in [-0.25, -0.2) is 4.99 Å². The third-order valence-corrected chi connectivity index (χ3v) is 4.39. The number of anilines is 1. The number of aliphatic imine (C=N–C) groups is 1. The zero-order valence-corrected chi connectivity index (χ0v) is 17.2. The second-order valence-corrected chi connectivity index (χ2v) is 6.43. The van der Waals surface area contributed by atoms with E-state index in [4.69, 9.17) is 5.73 Å². The van der Waals surface area contributed by atoms with Crippen LogP contribution in [-0.2, 0) is 0 Å². The van der Waals surface area contributed by atoms with Crippen molar-refractivity contribution in [2.24, 2.45) is 10.7 Å². The molecule has 4 nitrogen and oxygen atoms in total. The van der Waals surface area contributed by atoms with Gasteiger partial charge in [0.05, 0.1) is 6.04 Å². The van der Waals surface area contributed by atoms with Crippen LogP contribution < -0.4 is 15.8 Å². The first kappa shape index (κ1) is 21.3. The Morgan fingerprint density at radius 1 is 1.15 bits per heavy atom. The number of benzene rings is 2. The van der Waals surface area contributed by atoms with Crippen molar-refractivity contribution in [1.82, 2.24) is 0 Å². The van der Waals surface area contributed by atoms with E-state index < -0.39 is 6.36 Å². The van der Waals surface area contributed by atoms with Gasteiger partial charge in [0.2, 0.25) is 0 Å². The largest absolute Gasteiger partial charge is 0.573 e. The number of rotatable bonds is 4. The summed E-state index contributed by atoms with van der Waals surface area (Å²) in [5.41, 5.74) is 9.57. The number of nitrogens with one attached hydrogen (secondary N) is 1. The molecule has 0 spiro atoms. The number of guanidine groups is 1. The fourth-order valence-electron chi connectivity index (χ4n) is 2.84. The molecule has 146 valence electrons. The zero-order chi connectivity index (χ0) is 18.9. The predicted octanol–water partition coefficient (Wildman–Crippen LogP) is 5.10. The summed E-state index contributed by atoms with van der Waals surface area (Å²) >= 11 is 0. The van der Waals surface area contributed by atoms with Gasteiger partial charge < -0.3 is 15.8 Å². The lowest BCUT2D eigenvalue weighted by Crippen LogP contribution is -2.23. The van der Waals surface area contributed by atoms with Crippen LogP contribution in [0.5, 0.6) is 5.75 Å². The van der Waals surface area contributed by atoms with Crippen LogP contribution in [0.25, 0.3) is 0 Å². The van der Waals surface area contributed by atoms with Crippen LogP contribution in [0.15, 0.2) is 47.5 Å². The standard InChI is InChI=1S/C19H20F3N3O.HI/c1-11-7-8-13(9-12(11)2)24-18(23)25-16-10-15(16)14-5-3-4-6-17(14)26-19(20,21)22;/h3-9,15-16H,10H2,1-2H3,(H3,23,24,25);1H. The van der Waals surface area contributed by atoms with Gasteiger partial charge in [-0.15, -0.1) is 37.1 Å². The molecule has 0 aliphatic heterocycles. The molecule has 0 radical (unpaired) electrons. The topological polar surface area (TPSA) is 59.6 Å². The summed E-state index contributed by atoms with van der Waals surface area (Å²) in [7, 11) is 0. The third kappa shape index (κ3) is 5.75. The minimum atomic E-state index is -4.71. The molecule has 3 N–H and O–H groups in total. The molecule has 8 heteroatoms. The second-order valence-electron chi connectivity index (χ2n) is 6.43. The van der Waals surface area contributed by atoms with Crippen molar-refractivity contribution in [2.45, 2.75) is 38.6 Å². The van der Waals surface area contributed by atoms with E-state index in [1.165, 1.54) is 17.7 Å². The molecule has 27 heavy (non-hydrogen) atoms. The maximum Gasteiger partial charge on any atom is 0.573 e. The van der Waals surface area contributed by atoms with Crippen molar-refractivity contribution in [2.75, 3.05) is 5.32 Å². The lowest BCUT2D eigenvalue weighted by molar-refractivity contribution is -0.274. The van der Waals surface area contributed by atoms with Crippen molar-refractivity contribution in [3.63, 3.8) is 0 Å². The second kappa shape index (κ2) is 8.37. The Bertz CT molecular complexity index is 839. The van der Waals surface area contributed by atoms with Crippen molar-refractivity contribution in [3.8, 4) is 5.75 Å². The minimum absolute atomic E-state index is 0. The summed E-state index contributed by atoms with van der Waals surface area (Å²) in [6, 6.07) is 11.8. The van der Waals surface area contributed by atoms with Crippen molar-refractivity contribution >= 4 is 35.6 Å². The van der Waals surface area contributed by atoms with E-state index in [9.17, 15) is 13.2 Å². The third-order valence-electron chi connectivity index (χ3n) is 4.39. The smallest absolute Gasteiger partial charge is 0.405 e. The molecule has 3 rings (SSSR count). The highest BCUT2D eigenvalue weighted by Crippen LogP contribution is 2.47. The van der Waals surface area contributed by atoms with Crippen molar-refractivity contribution in [3.05, 3.63) is 59.2 Å². The summed E-state index contributed by atoms with van der Waals surface area (Å²) in [6.07, 6.45) is -4.08. The maximum absolute atomic E-state index is 12.5. The fourth-order valence-corrected chi connectivity index (χ4v) is 2.84. The summed E-state index contributed by atoms with van der Waals surface area (Å²) in [5, 5.41) is 3.02. The zero-order valence-electron chi connectivity index (χ0n) is 14.9. The highest BCUT2D eigenvalue weighted by Gasteiger charge is 2.42. The Morgan fingerprint density at radius 3 is 2.52 bits per heavy atom. The van der Waals surface area contributed by atoms with Gasteiger partial charge in [0.25, 0.3) is 0 Å². The predicted molar refractivity (Wildman–Crippen MR) is 111 cm³/mol. The maximum atomic E-state index is 12.5. The van der Waals surface area contributed by atoms with Gasteiger partial charge in [-0.1, -0.05) is 24.3 Å². The van der Waals surface area contributed by atoms with Crippen LogP contribution in [0.4, 0.5) is 18.9 Å². The molecule has 0 saturated heterocycles. The Labute approximate surface area is 173 Å². The fraction of sp³-hybridized carbons (Fsp3) is 0.316. The molecule has 0 aromatic heterocycles. The van der Waals surface area contributed by atoms with Gasteiger partial charge >= 0.3 is 6.36 Å². The van der Waals surface area contributed by atoms with E-state index >= 15 is 0 Å². The highest BCUT2D eigenvalue weighted by molar-refractivity contribution is 14.0. The van der Waals surface area contributed by atoms with E-state index in [2.05, 4.69) is 15.0 Å². The quantitative estimate of drug-likeness (QED) is 0.356. The Kier molecular flexibility index (Phi) is 6.61. The van der Waals surface area contributed by atoms with Gasteiger partial charge in [-0.2, -0.15) is 0 Å². The average molecular weight is 491 g/mol. The van der Waals surface area contributed by atoms with Crippen molar-refractivity contribution < 1.29 is 17.9 Å². The van der Waals surface area contributed by atoms with Gasteiger partial charge in [-0.05, 0) is 55.2 Å². The SMILES string of the molecule is Cc1ccc(NC(N)=NC2CC2c2ccccc2OC(F)(F)F)cc1C.I. The van der Waals surface area contributed by atoms with E-state index in [1.54, 1.807) is 12.1 Å². The number of nitrogens with zero attached hydrogens (tertiary/aromatic N) is 1. The molecule has 2 unspecified atom stereocenters. The number of ether oxygens (including phenoxy) is 1. The molecule has 2 atom stereocenters. The molecule has 0 amide bonds.